The molecule has 9 heavy (non-hydrogen) atoms. The maximum atomic E-state index is 8.62. The molecule has 0 aromatic rings. The van der Waals surface area contributed by atoms with Gasteiger partial charge >= 0.3 is 308 Å². The van der Waals surface area contributed by atoms with Crippen LogP contribution in [0.3, 0.4) is 0 Å². The first kappa shape index (κ1) is 30.6. The van der Waals surface area contributed by atoms with Crippen LogP contribution in [0, 0.1) is 0 Å². The zero-order valence-electron chi connectivity index (χ0n) is 6.13. The summed E-state index contributed by atoms with van der Waals surface area (Å²) in [7, 11) is 0. The molecule has 0 amide bonds. The molecular weight excluding hydrogens is 643 g/mol. The molecule has 9 heteroatoms. The first-order valence-electron chi connectivity index (χ1n) is 0.816. The Labute approximate surface area is 295 Å². The summed E-state index contributed by atoms with van der Waals surface area (Å²) in [6.07, 6.45) is 0. The van der Waals surface area contributed by atoms with E-state index in [-0.39, 0.29) is 276 Å². The topological polar surface area (TPSA) is 92.2 Å². The van der Waals surface area contributed by atoms with Crippen molar-refractivity contribution in [3.05, 3.63) is 0 Å². The molecule has 0 aliphatic heterocycles. The van der Waals surface area contributed by atoms with Crippen LogP contribution in [0.1, 0.15) is 0 Å². The van der Waals surface area contributed by atoms with Gasteiger partial charge in [-0.3, -0.25) is 0 Å². The third-order valence-corrected chi connectivity index (χ3v) is 0. The van der Waals surface area contributed by atoms with E-state index in [1.54, 1.807) is 0 Å². The van der Waals surface area contributed by atoms with Crippen LogP contribution < -0.4 is 290 Å². The molecule has 0 aliphatic carbocycles. The predicted molar refractivity (Wildman–Crippen MR) is 0 cm³/mol. The summed E-state index contributed by atoms with van der Waals surface area (Å²) >= 11 is -6.00. The Morgan fingerprint density at radius 1 is 0.556 bits per heavy atom. The third kappa shape index (κ3) is 47.6. The minimum absolute atomic E-state index is 0. The standard InChI is InChI=1S/4Cs.4O.Ti/q4*+1;4*-1;. The second kappa shape index (κ2) is 19.1. The Morgan fingerprint density at radius 3 is 0.556 bits per heavy atom. The van der Waals surface area contributed by atoms with Crippen molar-refractivity contribution in [2.75, 3.05) is 0 Å². The molecule has 0 heterocycles. The third-order valence-electron chi connectivity index (χ3n) is 0. The van der Waals surface area contributed by atoms with Crippen molar-refractivity contribution < 1.29 is 308 Å². The second-order valence-corrected chi connectivity index (χ2v) is 2.06. The van der Waals surface area contributed by atoms with Crippen LogP contribution in [0.25, 0.3) is 0 Å². The first-order valence-corrected chi connectivity index (χ1v) is 3.37. The van der Waals surface area contributed by atoms with Gasteiger partial charge in [-0.25, -0.2) is 0 Å². The average Bonchev–Trinajstić information content (AvgIpc) is 0.722. The molecule has 0 aliphatic rings. The van der Waals surface area contributed by atoms with Crippen molar-refractivity contribution >= 4 is 0 Å². The SMILES string of the molecule is [Cs+].[Cs+].[Cs+].[Cs+].[O-][Ti]([O-])([O-])[O-]. The molecule has 0 unspecified atom stereocenters. The van der Waals surface area contributed by atoms with E-state index < -0.39 is 18.1 Å². The normalized spacial score (nSPS) is 6.67. The fraction of sp³-hybridized carbons (Fsp3) is 0. The van der Waals surface area contributed by atoms with Crippen LogP contribution in [-0.4, -0.2) is 0 Å². The summed E-state index contributed by atoms with van der Waals surface area (Å²) in [6.45, 7) is 0. The Hall–Kier alpha value is 8.76. The molecule has 0 saturated heterocycles. The Kier molecular flexibility index (Phi) is 65.1. The first-order chi connectivity index (χ1) is 2.00. The summed E-state index contributed by atoms with van der Waals surface area (Å²) in [4.78, 5) is 0. The molecule has 0 radical (unpaired) electrons. The molecule has 4 nitrogen and oxygen atoms in total. The predicted octanol–water partition coefficient (Wildman–Crippen LogP) is -16.7. The van der Waals surface area contributed by atoms with Crippen LogP contribution in [-0.2, 0) is 18.1 Å². The number of hydrogen-bond donors (Lipinski definition) is 0. The van der Waals surface area contributed by atoms with Crippen molar-refractivity contribution in [1.29, 1.82) is 0 Å². The van der Waals surface area contributed by atoms with Gasteiger partial charge in [0.25, 0.3) is 0 Å². The van der Waals surface area contributed by atoms with E-state index in [0.29, 0.717) is 0 Å². The van der Waals surface area contributed by atoms with Gasteiger partial charge in [0.1, 0.15) is 0 Å². The average molecular weight is 643 g/mol. The van der Waals surface area contributed by atoms with Crippen molar-refractivity contribution in [2.24, 2.45) is 0 Å². The van der Waals surface area contributed by atoms with Crippen molar-refractivity contribution in [3.63, 3.8) is 0 Å². The van der Waals surface area contributed by atoms with Gasteiger partial charge in [0.05, 0.1) is 0 Å². The van der Waals surface area contributed by atoms with Crippen molar-refractivity contribution in [3.8, 4) is 0 Å². The van der Waals surface area contributed by atoms with Gasteiger partial charge in [-0.1, -0.05) is 0 Å². The molecule has 0 aromatic heterocycles. The van der Waals surface area contributed by atoms with E-state index in [9.17, 15) is 0 Å². The van der Waals surface area contributed by atoms with E-state index >= 15 is 0 Å². The van der Waals surface area contributed by atoms with Crippen LogP contribution in [0.4, 0.5) is 0 Å². The van der Waals surface area contributed by atoms with Crippen LogP contribution >= 0.6 is 0 Å². The molecule has 0 rings (SSSR count). The molecule has 0 saturated carbocycles. The number of hydrogen-bond acceptors (Lipinski definition) is 4. The monoisotopic (exact) mass is 644 g/mol. The minimum atomic E-state index is -6.00. The van der Waals surface area contributed by atoms with Gasteiger partial charge in [-0.15, -0.1) is 0 Å². The van der Waals surface area contributed by atoms with E-state index in [1.807, 2.05) is 0 Å². The van der Waals surface area contributed by atoms with E-state index in [2.05, 4.69) is 0 Å². The molecule has 32 valence electrons. The van der Waals surface area contributed by atoms with Crippen molar-refractivity contribution in [2.45, 2.75) is 0 Å². The quantitative estimate of drug-likeness (QED) is 0.246. The summed E-state index contributed by atoms with van der Waals surface area (Å²) in [6, 6.07) is 0. The van der Waals surface area contributed by atoms with E-state index in [0.717, 1.165) is 0 Å². The van der Waals surface area contributed by atoms with Gasteiger partial charge < -0.3 is 0 Å². The van der Waals surface area contributed by atoms with E-state index in [1.165, 1.54) is 0 Å². The molecular formula is Cs4O4Ti. The summed E-state index contributed by atoms with van der Waals surface area (Å²) < 4.78 is 34.5. The van der Waals surface area contributed by atoms with Gasteiger partial charge in [-0.05, 0) is 0 Å². The maximum absolute atomic E-state index is 8.62. The number of rotatable bonds is 0. The second-order valence-electron chi connectivity index (χ2n) is 0.500. The Morgan fingerprint density at radius 2 is 0.556 bits per heavy atom. The molecule has 0 fully saturated rings. The van der Waals surface area contributed by atoms with Gasteiger partial charge in [-0.2, -0.15) is 0 Å². The van der Waals surface area contributed by atoms with Crippen LogP contribution in [0.15, 0.2) is 0 Å². The molecule has 0 N–H and O–H groups in total. The fourth-order valence-corrected chi connectivity index (χ4v) is 0. The van der Waals surface area contributed by atoms with Crippen LogP contribution in [0.5, 0.6) is 0 Å². The molecule has 0 spiro atoms. The molecule has 0 bridgehead atoms. The van der Waals surface area contributed by atoms with Gasteiger partial charge in [0, 0.05) is 0 Å². The zero-order valence-corrected chi connectivity index (χ0v) is 32.8. The summed E-state index contributed by atoms with van der Waals surface area (Å²) in [5.41, 5.74) is 0. The van der Waals surface area contributed by atoms with E-state index in [4.69, 9.17) is 14.8 Å². The Bertz CT molecular complexity index is 28.0. The summed E-state index contributed by atoms with van der Waals surface area (Å²) in [5.74, 6) is 0. The van der Waals surface area contributed by atoms with Gasteiger partial charge in [0.2, 0.25) is 0 Å². The molecule has 0 atom stereocenters. The van der Waals surface area contributed by atoms with Crippen molar-refractivity contribution in [1.82, 2.24) is 0 Å². The summed E-state index contributed by atoms with van der Waals surface area (Å²) in [5, 5.41) is 0. The van der Waals surface area contributed by atoms with Gasteiger partial charge in [0.15, 0.2) is 0 Å². The van der Waals surface area contributed by atoms with Crippen LogP contribution in [0.2, 0.25) is 0 Å². The molecule has 0 aromatic carbocycles. The fourth-order valence-electron chi connectivity index (χ4n) is 0. The zero-order chi connectivity index (χ0) is 4.50. The Balaban J connectivity index is -0.0000000133.